The first-order valence-corrected chi connectivity index (χ1v) is 9.16. The van der Waals surface area contributed by atoms with E-state index in [0.29, 0.717) is 23.2 Å². The molecule has 29 heavy (non-hydrogen) atoms. The topological polar surface area (TPSA) is 94.5 Å². The van der Waals surface area contributed by atoms with Crippen LogP contribution < -0.4 is 10.3 Å². The highest BCUT2D eigenvalue weighted by atomic mass is 35.5. The van der Waals surface area contributed by atoms with Crippen molar-refractivity contribution in [1.29, 1.82) is 0 Å². The smallest absolute Gasteiger partial charge is 0.285 e. The molecule has 0 aliphatic carbocycles. The molecule has 0 aliphatic heterocycles. The Hall–Kier alpha value is -3.65. The van der Waals surface area contributed by atoms with E-state index in [1.807, 2.05) is 30.3 Å². The lowest BCUT2D eigenvalue weighted by molar-refractivity contribution is 0.318. The third-order valence-corrected chi connectivity index (χ3v) is 4.44. The summed E-state index contributed by atoms with van der Waals surface area (Å²) in [4.78, 5) is 17.1. The maximum absolute atomic E-state index is 12.7. The molecule has 8 nitrogen and oxygen atoms in total. The Balaban J connectivity index is 1.71. The molecule has 9 heteroatoms. The number of halogens is 1. The van der Waals surface area contributed by atoms with E-state index in [4.69, 9.17) is 16.3 Å². The summed E-state index contributed by atoms with van der Waals surface area (Å²) in [7, 11) is 0. The maximum Gasteiger partial charge on any atom is 0.285 e. The summed E-state index contributed by atoms with van der Waals surface area (Å²) in [6.45, 7) is 2.17. The van der Waals surface area contributed by atoms with Gasteiger partial charge in [0.05, 0.1) is 29.7 Å². The van der Waals surface area contributed by atoms with Gasteiger partial charge in [-0.15, -0.1) is 0 Å². The quantitative estimate of drug-likeness (QED) is 0.511. The summed E-state index contributed by atoms with van der Waals surface area (Å²) in [6, 6.07) is 12.5. The number of ether oxygens (including phenoxy) is 1. The van der Waals surface area contributed by atoms with Crippen molar-refractivity contribution >= 4 is 28.8 Å². The number of hydrogen-bond acceptors (Lipinski definition) is 6. The molecule has 0 aliphatic rings. The fourth-order valence-electron chi connectivity index (χ4n) is 2.81. The molecule has 0 saturated heterocycles. The first-order chi connectivity index (χ1) is 14.1. The summed E-state index contributed by atoms with van der Waals surface area (Å²) in [5, 5.41) is 18.8. The van der Waals surface area contributed by atoms with Gasteiger partial charge in [0.2, 0.25) is 0 Å². The van der Waals surface area contributed by atoms with E-state index in [-0.39, 0.29) is 22.1 Å². The number of para-hydroxylation sites is 1. The number of phenols is 1. The molecular weight excluding hydrogens is 394 g/mol. The van der Waals surface area contributed by atoms with Crippen molar-refractivity contribution < 1.29 is 9.84 Å². The molecule has 0 spiro atoms. The van der Waals surface area contributed by atoms with Gasteiger partial charge in [-0.25, -0.2) is 9.67 Å². The predicted octanol–water partition coefficient (Wildman–Crippen LogP) is 3.22. The molecule has 4 aromatic rings. The van der Waals surface area contributed by atoms with Crippen molar-refractivity contribution in [2.45, 2.75) is 6.92 Å². The summed E-state index contributed by atoms with van der Waals surface area (Å²) >= 11 is 6.02. The Labute approximate surface area is 170 Å². The van der Waals surface area contributed by atoms with E-state index < -0.39 is 0 Å². The van der Waals surface area contributed by atoms with Crippen LogP contribution in [0.1, 0.15) is 12.5 Å². The SMILES string of the molecule is CCOc1cc(/C=N/n2cnc3c(cnn3-c3ccccc3)c2=O)cc(Cl)c1O. The van der Waals surface area contributed by atoms with Crippen molar-refractivity contribution in [3.05, 3.63) is 75.9 Å². The molecule has 2 aromatic heterocycles. The lowest BCUT2D eigenvalue weighted by Crippen LogP contribution is -2.17. The second-order valence-corrected chi connectivity index (χ2v) is 6.46. The van der Waals surface area contributed by atoms with Gasteiger partial charge in [0.15, 0.2) is 17.1 Å². The minimum Gasteiger partial charge on any atom is -0.503 e. The summed E-state index contributed by atoms with van der Waals surface area (Å²) in [5.41, 5.74) is 1.45. The monoisotopic (exact) mass is 409 g/mol. The van der Waals surface area contributed by atoms with Crippen LogP contribution in [-0.2, 0) is 0 Å². The van der Waals surface area contributed by atoms with Gasteiger partial charge in [0.1, 0.15) is 11.7 Å². The fraction of sp³-hybridized carbons (Fsp3) is 0.100. The number of aromatic hydroxyl groups is 1. The van der Waals surface area contributed by atoms with E-state index in [1.165, 1.54) is 24.8 Å². The maximum atomic E-state index is 12.7. The third kappa shape index (κ3) is 3.57. The highest BCUT2D eigenvalue weighted by Crippen LogP contribution is 2.34. The Morgan fingerprint density at radius 3 is 2.83 bits per heavy atom. The number of aromatic nitrogens is 4. The lowest BCUT2D eigenvalue weighted by atomic mass is 10.2. The van der Waals surface area contributed by atoms with Gasteiger partial charge in [0, 0.05) is 0 Å². The van der Waals surface area contributed by atoms with Crippen LogP contribution in [0.15, 0.2) is 64.9 Å². The average molecular weight is 410 g/mol. The zero-order valence-corrected chi connectivity index (χ0v) is 16.1. The minimum atomic E-state index is -0.358. The van der Waals surface area contributed by atoms with E-state index in [9.17, 15) is 9.90 Å². The molecule has 2 aromatic carbocycles. The van der Waals surface area contributed by atoms with E-state index in [2.05, 4.69) is 15.2 Å². The van der Waals surface area contributed by atoms with Crippen molar-refractivity contribution in [2.24, 2.45) is 5.10 Å². The summed E-state index contributed by atoms with van der Waals surface area (Å²) in [5.74, 6) is 0.103. The van der Waals surface area contributed by atoms with Crippen LogP contribution >= 0.6 is 11.6 Å². The van der Waals surface area contributed by atoms with Crippen molar-refractivity contribution in [3.63, 3.8) is 0 Å². The third-order valence-electron chi connectivity index (χ3n) is 4.15. The second-order valence-electron chi connectivity index (χ2n) is 6.05. The Kier molecular flexibility index (Phi) is 5.01. The molecule has 1 N–H and O–H groups in total. The molecule has 0 fully saturated rings. The molecule has 0 atom stereocenters. The number of rotatable bonds is 5. The molecular formula is C20H16ClN5O3. The van der Waals surface area contributed by atoms with Crippen LogP contribution in [-0.4, -0.2) is 37.4 Å². The van der Waals surface area contributed by atoms with Gasteiger partial charge in [-0.3, -0.25) is 4.79 Å². The van der Waals surface area contributed by atoms with Gasteiger partial charge >= 0.3 is 0 Å². The minimum absolute atomic E-state index is 0.127. The number of phenolic OH excluding ortho intramolecular Hbond substituents is 1. The van der Waals surface area contributed by atoms with Crippen molar-refractivity contribution in [3.8, 4) is 17.2 Å². The molecule has 0 unspecified atom stereocenters. The van der Waals surface area contributed by atoms with Crippen LogP contribution in [0.5, 0.6) is 11.5 Å². The van der Waals surface area contributed by atoms with Gasteiger partial charge in [0.25, 0.3) is 5.56 Å². The van der Waals surface area contributed by atoms with Crippen LogP contribution in [0, 0.1) is 0 Å². The average Bonchev–Trinajstić information content (AvgIpc) is 3.17. The standard InChI is InChI=1S/C20H16ClN5O3/c1-2-29-17-9-13(8-16(21)18(17)27)10-23-25-12-22-19-15(20(25)28)11-24-26(19)14-6-4-3-5-7-14/h3-12,27H,2H2,1H3/b23-10+. The highest BCUT2D eigenvalue weighted by molar-refractivity contribution is 6.32. The largest absolute Gasteiger partial charge is 0.503 e. The Morgan fingerprint density at radius 2 is 2.07 bits per heavy atom. The van der Waals surface area contributed by atoms with Crippen LogP contribution in [0.2, 0.25) is 5.02 Å². The van der Waals surface area contributed by atoms with E-state index in [0.717, 1.165) is 10.4 Å². The highest BCUT2D eigenvalue weighted by Gasteiger charge is 2.12. The van der Waals surface area contributed by atoms with Gasteiger partial charge in [-0.05, 0) is 36.8 Å². The van der Waals surface area contributed by atoms with E-state index in [1.54, 1.807) is 17.7 Å². The fourth-order valence-corrected chi connectivity index (χ4v) is 3.02. The van der Waals surface area contributed by atoms with E-state index >= 15 is 0 Å². The number of nitrogens with zero attached hydrogens (tertiary/aromatic N) is 5. The molecule has 0 amide bonds. The first-order valence-electron chi connectivity index (χ1n) is 8.79. The zero-order valence-electron chi connectivity index (χ0n) is 15.4. The van der Waals surface area contributed by atoms with Crippen LogP contribution in [0.3, 0.4) is 0 Å². The summed E-state index contributed by atoms with van der Waals surface area (Å²) < 4.78 is 8.06. The molecule has 0 saturated carbocycles. The van der Waals surface area contributed by atoms with Crippen molar-refractivity contribution in [1.82, 2.24) is 19.4 Å². The summed E-state index contributed by atoms with van der Waals surface area (Å²) in [6.07, 6.45) is 4.23. The first kappa shape index (κ1) is 18.7. The molecule has 4 rings (SSSR count). The van der Waals surface area contributed by atoms with Crippen molar-refractivity contribution in [2.75, 3.05) is 6.61 Å². The number of fused-ring (bicyclic) bond motifs is 1. The molecule has 2 heterocycles. The van der Waals surface area contributed by atoms with Gasteiger partial charge in [-0.2, -0.15) is 14.9 Å². The molecule has 146 valence electrons. The lowest BCUT2D eigenvalue weighted by Gasteiger charge is -2.08. The van der Waals surface area contributed by atoms with Crippen LogP contribution in [0.4, 0.5) is 0 Å². The Bertz CT molecular complexity index is 1260. The Morgan fingerprint density at radius 1 is 1.28 bits per heavy atom. The number of hydrogen-bond donors (Lipinski definition) is 1. The second kappa shape index (κ2) is 7.76. The van der Waals surface area contributed by atoms with Gasteiger partial charge < -0.3 is 9.84 Å². The molecule has 0 bridgehead atoms. The van der Waals surface area contributed by atoms with Crippen LogP contribution in [0.25, 0.3) is 16.7 Å². The zero-order chi connectivity index (χ0) is 20.4. The number of benzene rings is 2. The normalized spacial score (nSPS) is 11.4. The molecule has 0 radical (unpaired) electrons. The van der Waals surface area contributed by atoms with Gasteiger partial charge in [-0.1, -0.05) is 29.8 Å². The predicted molar refractivity (Wildman–Crippen MR) is 110 cm³/mol.